The van der Waals surface area contributed by atoms with Gasteiger partial charge in [-0.15, -0.1) is 0 Å². The molecular weight excluding hydrogens is 276 g/mol. The molecule has 0 aliphatic carbocycles. The molecule has 0 saturated carbocycles. The smallest absolute Gasteiger partial charge is 0.228 e. The third-order valence-electron chi connectivity index (χ3n) is 3.28. The van der Waals surface area contributed by atoms with Crippen molar-refractivity contribution in [1.82, 2.24) is 15.3 Å². The first-order valence-corrected chi connectivity index (χ1v) is 6.93. The number of benzene rings is 1. The normalized spacial score (nSPS) is 14.4. The van der Waals surface area contributed by atoms with E-state index in [2.05, 4.69) is 20.6 Å². The van der Waals surface area contributed by atoms with Crippen LogP contribution in [0.4, 0.5) is 11.6 Å². The minimum absolute atomic E-state index is 0.156. The molecule has 0 radical (unpaired) electrons. The fraction of sp³-hybridized carbons (Fsp3) is 0.286. The Balaban J connectivity index is 1.93. The molecule has 1 aliphatic heterocycles. The summed E-state index contributed by atoms with van der Waals surface area (Å²) in [7, 11) is 0. The van der Waals surface area contributed by atoms with Crippen molar-refractivity contribution in [3.63, 3.8) is 0 Å². The van der Waals surface area contributed by atoms with E-state index in [0.717, 1.165) is 37.2 Å². The van der Waals surface area contributed by atoms with Gasteiger partial charge in [0.25, 0.3) is 0 Å². The van der Waals surface area contributed by atoms with Gasteiger partial charge in [0.2, 0.25) is 5.95 Å². The van der Waals surface area contributed by atoms with Crippen molar-refractivity contribution in [1.29, 1.82) is 0 Å². The van der Waals surface area contributed by atoms with Crippen LogP contribution in [0.5, 0.6) is 5.75 Å². The summed E-state index contributed by atoms with van der Waals surface area (Å²) in [5.74, 6) is 0.570. The number of fused-ring (bicyclic) bond motifs is 1. The van der Waals surface area contributed by atoms with Crippen LogP contribution in [-0.4, -0.2) is 28.2 Å². The number of aromatic nitrogens is 2. The predicted octanol–water partition coefficient (Wildman–Crippen LogP) is 2.27. The van der Waals surface area contributed by atoms with Crippen molar-refractivity contribution < 1.29 is 5.11 Å². The highest BCUT2D eigenvalue weighted by molar-refractivity contribution is 6.30. The first-order chi connectivity index (χ1) is 9.74. The molecule has 2 aromatic rings. The Bertz CT molecular complexity index is 633. The van der Waals surface area contributed by atoms with Gasteiger partial charge in [-0.3, -0.25) is 0 Å². The number of halogens is 1. The summed E-state index contributed by atoms with van der Waals surface area (Å²) in [5.41, 5.74) is 2.54. The number of hydrogen-bond donors (Lipinski definition) is 3. The lowest BCUT2D eigenvalue weighted by Gasteiger charge is -2.11. The maximum Gasteiger partial charge on any atom is 0.228 e. The molecular formula is C14H15ClN4O. The number of nitrogens with one attached hydrogen (secondary N) is 2. The molecule has 0 atom stereocenters. The number of aromatic hydroxyl groups is 1. The molecule has 104 valence electrons. The number of phenols is 1. The van der Waals surface area contributed by atoms with Crippen LogP contribution in [-0.2, 0) is 12.8 Å². The zero-order chi connectivity index (χ0) is 13.9. The van der Waals surface area contributed by atoms with Gasteiger partial charge in [0.1, 0.15) is 10.9 Å². The summed E-state index contributed by atoms with van der Waals surface area (Å²) >= 11 is 6.24. The summed E-state index contributed by atoms with van der Waals surface area (Å²) < 4.78 is 0. The van der Waals surface area contributed by atoms with Gasteiger partial charge in [0.15, 0.2) is 0 Å². The fourth-order valence-electron chi connectivity index (χ4n) is 2.25. The van der Waals surface area contributed by atoms with Gasteiger partial charge in [-0.05, 0) is 25.1 Å². The van der Waals surface area contributed by atoms with Crippen LogP contribution in [0.25, 0.3) is 0 Å². The van der Waals surface area contributed by atoms with Crippen molar-refractivity contribution >= 4 is 23.2 Å². The average Bonchev–Trinajstić information content (AvgIpc) is 2.67. The minimum Gasteiger partial charge on any atom is -0.506 e. The summed E-state index contributed by atoms with van der Waals surface area (Å²) in [6.07, 6.45) is 1.66. The highest BCUT2D eigenvalue weighted by Crippen LogP contribution is 2.27. The highest BCUT2D eigenvalue weighted by atomic mass is 35.5. The van der Waals surface area contributed by atoms with Crippen molar-refractivity contribution in [3.05, 3.63) is 40.7 Å². The Morgan fingerprint density at radius 2 is 1.95 bits per heavy atom. The van der Waals surface area contributed by atoms with Crippen LogP contribution >= 0.6 is 11.6 Å². The van der Waals surface area contributed by atoms with Crippen LogP contribution < -0.4 is 10.6 Å². The molecule has 0 amide bonds. The van der Waals surface area contributed by atoms with E-state index in [1.165, 1.54) is 0 Å². The number of rotatable bonds is 2. The molecule has 0 fully saturated rings. The standard InChI is InChI=1S/C14H15ClN4O/c15-13-9-5-7-16-8-6-10(9)17-14(19-13)18-11-3-1-2-4-12(11)20/h1-4,16,20H,5-8H2,(H,17,18,19). The average molecular weight is 291 g/mol. The molecule has 1 aliphatic rings. The van der Waals surface area contributed by atoms with Crippen LogP contribution in [0.2, 0.25) is 5.15 Å². The summed E-state index contributed by atoms with van der Waals surface area (Å²) in [6, 6.07) is 6.96. The fourth-order valence-corrected chi connectivity index (χ4v) is 2.54. The molecule has 3 rings (SSSR count). The lowest BCUT2D eigenvalue weighted by molar-refractivity contribution is 0.477. The van der Waals surface area contributed by atoms with Crippen LogP contribution in [0.1, 0.15) is 11.3 Å². The number of hydrogen-bond acceptors (Lipinski definition) is 5. The molecule has 1 aromatic heterocycles. The molecule has 2 heterocycles. The van der Waals surface area contributed by atoms with Gasteiger partial charge in [-0.25, -0.2) is 9.97 Å². The second-order valence-corrected chi connectivity index (χ2v) is 5.01. The molecule has 3 N–H and O–H groups in total. The lowest BCUT2D eigenvalue weighted by atomic mass is 10.1. The number of anilines is 2. The predicted molar refractivity (Wildman–Crippen MR) is 78.7 cm³/mol. The third-order valence-corrected chi connectivity index (χ3v) is 3.60. The quantitative estimate of drug-likeness (QED) is 0.585. The van der Waals surface area contributed by atoms with Gasteiger partial charge in [0.05, 0.1) is 11.4 Å². The molecule has 20 heavy (non-hydrogen) atoms. The second-order valence-electron chi connectivity index (χ2n) is 4.66. The monoisotopic (exact) mass is 290 g/mol. The molecule has 0 unspecified atom stereocenters. The molecule has 6 heteroatoms. The Morgan fingerprint density at radius 3 is 2.80 bits per heavy atom. The lowest BCUT2D eigenvalue weighted by Crippen LogP contribution is -2.16. The van der Waals surface area contributed by atoms with Gasteiger partial charge in [-0.2, -0.15) is 0 Å². The van der Waals surface area contributed by atoms with Gasteiger partial charge in [0, 0.05) is 18.5 Å². The minimum atomic E-state index is 0.156. The van der Waals surface area contributed by atoms with E-state index >= 15 is 0 Å². The van der Waals surface area contributed by atoms with Gasteiger partial charge >= 0.3 is 0 Å². The zero-order valence-electron chi connectivity index (χ0n) is 10.9. The highest BCUT2D eigenvalue weighted by Gasteiger charge is 2.15. The van der Waals surface area contributed by atoms with E-state index in [1.807, 2.05) is 6.07 Å². The largest absolute Gasteiger partial charge is 0.506 e. The molecule has 0 spiro atoms. The van der Waals surface area contributed by atoms with Gasteiger partial charge < -0.3 is 15.7 Å². The Morgan fingerprint density at radius 1 is 1.15 bits per heavy atom. The molecule has 0 bridgehead atoms. The third kappa shape index (κ3) is 2.69. The van der Waals surface area contributed by atoms with Crippen molar-refractivity contribution in [2.75, 3.05) is 18.4 Å². The summed E-state index contributed by atoms with van der Waals surface area (Å²) in [4.78, 5) is 8.78. The maximum atomic E-state index is 9.76. The molecule has 1 aromatic carbocycles. The maximum absolute atomic E-state index is 9.76. The first kappa shape index (κ1) is 13.1. The van der Waals surface area contributed by atoms with E-state index in [4.69, 9.17) is 11.6 Å². The topological polar surface area (TPSA) is 70.1 Å². The Labute approximate surface area is 122 Å². The van der Waals surface area contributed by atoms with Gasteiger partial charge in [-0.1, -0.05) is 23.7 Å². The van der Waals surface area contributed by atoms with Crippen LogP contribution in [0.15, 0.2) is 24.3 Å². The first-order valence-electron chi connectivity index (χ1n) is 6.55. The Kier molecular flexibility index (Phi) is 3.71. The number of para-hydroxylation sites is 2. The van der Waals surface area contributed by atoms with E-state index in [-0.39, 0.29) is 5.75 Å². The Hall–Kier alpha value is -1.85. The van der Waals surface area contributed by atoms with E-state index in [9.17, 15) is 5.11 Å². The second kappa shape index (κ2) is 5.64. The van der Waals surface area contributed by atoms with Crippen LogP contribution in [0, 0.1) is 0 Å². The molecule has 0 saturated heterocycles. The number of nitrogens with zero attached hydrogens (tertiary/aromatic N) is 2. The molecule has 5 nitrogen and oxygen atoms in total. The van der Waals surface area contributed by atoms with Crippen molar-refractivity contribution in [3.8, 4) is 5.75 Å². The van der Waals surface area contributed by atoms with Crippen molar-refractivity contribution in [2.45, 2.75) is 12.8 Å². The van der Waals surface area contributed by atoms with Crippen molar-refractivity contribution in [2.24, 2.45) is 0 Å². The van der Waals surface area contributed by atoms with E-state index < -0.39 is 0 Å². The SMILES string of the molecule is Oc1ccccc1Nc1nc(Cl)c2c(n1)CCNCC2. The van der Waals surface area contributed by atoms with E-state index in [0.29, 0.717) is 16.8 Å². The summed E-state index contributed by atoms with van der Waals surface area (Å²) in [6.45, 7) is 1.78. The van der Waals surface area contributed by atoms with Crippen LogP contribution in [0.3, 0.4) is 0 Å². The number of phenolic OH excluding ortho intramolecular Hbond substituents is 1. The zero-order valence-corrected chi connectivity index (χ0v) is 11.6. The van der Waals surface area contributed by atoms with E-state index in [1.54, 1.807) is 18.2 Å². The summed E-state index contributed by atoms with van der Waals surface area (Å²) in [5, 5.41) is 16.6.